The second-order valence-electron chi connectivity index (χ2n) is 13.0. The van der Waals surface area contributed by atoms with E-state index in [-0.39, 0.29) is 0 Å². The lowest BCUT2D eigenvalue weighted by Crippen LogP contribution is -2.39. The monoisotopic (exact) mass is 499 g/mol. The highest BCUT2D eigenvalue weighted by molar-refractivity contribution is 4.38. The third-order valence-corrected chi connectivity index (χ3v) is 4.43. The standard InChI is InChI=1S/C7H19N2.C7H18NO.C6H17N2.C6H16NO/c1-8-6-5-7-9(2,3)4;1-8(2,3)6-5-7-9-4;1-7-5-6-8(2,3)4;1-7(2,3)5-6-8-4/h8H,5-7H2,1-4H3;5-7H2,1-4H3;7H,5-6H2,1-4H3;5-6H2,1-4H3/q4*+1. The molecule has 0 aliphatic carbocycles. The number of quaternary nitrogens is 4. The van der Waals surface area contributed by atoms with E-state index in [1.165, 1.54) is 26.1 Å². The molecule has 0 aromatic carbocycles. The van der Waals surface area contributed by atoms with E-state index < -0.39 is 0 Å². The van der Waals surface area contributed by atoms with Crippen molar-refractivity contribution in [2.24, 2.45) is 0 Å². The highest BCUT2D eigenvalue weighted by Gasteiger charge is 2.05. The van der Waals surface area contributed by atoms with Gasteiger partial charge in [-0.05, 0) is 14.1 Å². The lowest BCUT2D eigenvalue weighted by atomic mass is 10.4. The van der Waals surface area contributed by atoms with E-state index in [0.717, 1.165) is 57.2 Å². The van der Waals surface area contributed by atoms with Gasteiger partial charge in [0, 0.05) is 40.2 Å². The maximum absolute atomic E-state index is 4.93. The summed E-state index contributed by atoms with van der Waals surface area (Å²) in [7, 11) is 33.7. The molecule has 212 valence electrons. The fourth-order valence-corrected chi connectivity index (χ4v) is 2.23. The van der Waals surface area contributed by atoms with E-state index in [4.69, 9.17) is 9.47 Å². The van der Waals surface area contributed by atoms with Gasteiger partial charge in [-0.1, -0.05) is 0 Å². The van der Waals surface area contributed by atoms with Gasteiger partial charge < -0.3 is 38.0 Å². The normalized spacial score (nSPS) is 12.0. The zero-order valence-electron chi connectivity index (χ0n) is 26.7. The van der Waals surface area contributed by atoms with Gasteiger partial charge in [0.1, 0.15) is 6.54 Å². The zero-order chi connectivity index (χ0) is 27.9. The Morgan fingerprint density at radius 2 is 0.794 bits per heavy atom. The molecule has 2 N–H and O–H groups in total. The minimum atomic E-state index is 0.851. The number of methoxy groups -OCH3 is 2. The van der Waals surface area contributed by atoms with E-state index in [9.17, 15) is 0 Å². The minimum Gasteiger partial charge on any atom is -0.384 e. The molecule has 0 rings (SSSR count). The van der Waals surface area contributed by atoms with Crippen molar-refractivity contribution in [3.05, 3.63) is 0 Å². The summed E-state index contributed by atoms with van der Waals surface area (Å²) in [6, 6.07) is 0. The van der Waals surface area contributed by atoms with Crippen LogP contribution in [0.5, 0.6) is 0 Å². The van der Waals surface area contributed by atoms with E-state index in [1.54, 1.807) is 14.2 Å². The first-order valence-electron chi connectivity index (χ1n) is 12.7. The summed E-state index contributed by atoms with van der Waals surface area (Å²) in [5.41, 5.74) is 0. The van der Waals surface area contributed by atoms with Crippen molar-refractivity contribution < 1.29 is 27.4 Å². The minimum absolute atomic E-state index is 0.851. The van der Waals surface area contributed by atoms with Gasteiger partial charge in [-0.15, -0.1) is 0 Å². The van der Waals surface area contributed by atoms with Crippen molar-refractivity contribution in [1.82, 2.24) is 10.6 Å². The summed E-state index contributed by atoms with van der Waals surface area (Å²) < 4.78 is 14.0. The fraction of sp³-hybridized carbons (Fsp3) is 1.00. The summed E-state index contributed by atoms with van der Waals surface area (Å²) >= 11 is 0. The number of likely N-dealkylation sites (N-methyl/N-ethyl adjacent to an activating group) is 3. The molecule has 0 aliphatic rings. The van der Waals surface area contributed by atoms with Gasteiger partial charge in [-0.25, -0.2) is 0 Å². The molecule has 0 atom stereocenters. The lowest BCUT2D eigenvalue weighted by Gasteiger charge is -2.23. The summed E-state index contributed by atoms with van der Waals surface area (Å²) in [5.74, 6) is 0. The number of ether oxygens (including phenoxy) is 2. The van der Waals surface area contributed by atoms with E-state index >= 15 is 0 Å². The molecule has 0 unspecified atom stereocenters. The van der Waals surface area contributed by atoms with E-state index in [0.29, 0.717) is 0 Å². The number of nitrogens with one attached hydrogen (secondary N) is 2. The predicted molar refractivity (Wildman–Crippen MR) is 152 cm³/mol. The Kier molecular flexibility index (Phi) is 27.7. The van der Waals surface area contributed by atoms with Crippen molar-refractivity contribution in [1.29, 1.82) is 0 Å². The first-order chi connectivity index (χ1) is 15.2. The average molecular weight is 499 g/mol. The molecule has 0 saturated heterocycles. The fourth-order valence-electron chi connectivity index (χ4n) is 2.23. The first-order valence-corrected chi connectivity index (χ1v) is 12.7. The summed E-state index contributed by atoms with van der Waals surface area (Å²) in [4.78, 5) is 0. The van der Waals surface area contributed by atoms with Gasteiger partial charge in [0.15, 0.2) is 0 Å². The maximum Gasteiger partial charge on any atom is 0.102 e. The summed E-state index contributed by atoms with van der Waals surface area (Å²) in [6.07, 6.45) is 2.42. The van der Waals surface area contributed by atoms with Crippen LogP contribution < -0.4 is 10.6 Å². The van der Waals surface area contributed by atoms with Crippen LogP contribution >= 0.6 is 0 Å². The average Bonchev–Trinajstić information content (AvgIpc) is 2.64. The van der Waals surface area contributed by atoms with Gasteiger partial charge in [0.2, 0.25) is 0 Å². The molecule has 8 nitrogen and oxygen atoms in total. The molecule has 0 spiro atoms. The Morgan fingerprint density at radius 1 is 0.441 bits per heavy atom. The SMILES string of the molecule is CNCCC[N+](C)(C)C.CNCC[N+](C)(C)C.COCCC[N+](C)(C)C.COCC[N+](C)(C)C. The molecule has 0 heterocycles. The van der Waals surface area contributed by atoms with Crippen LogP contribution in [0, 0.1) is 0 Å². The third kappa shape index (κ3) is 63.4. The van der Waals surface area contributed by atoms with Gasteiger partial charge in [-0.2, -0.15) is 0 Å². The highest BCUT2D eigenvalue weighted by Crippen LogP contribution is 1.92. The van der Waals surface area contributed by atoms with Gasteiger partial charge in [0.25, 0.3) is 0 Å². The van der Waals surface area contributed by atoms with Crippen molar-refractivity contribution >= 4 is 0 Å². The quantitative estimate of drug-likeness (QED) is 0.280. The first kappa shape index (κ1) is 40.8. The molecule has 0 bridgehead atoms. The molecule has 0 aromatic heterocycles. The van der Waals surface area contributed by atoms with Crippen molar-refractivity contribution in [2.75, 3.05) is 165 Å². The topological polar surface area (TPSA) is 42.5 Å². The Balaban J connectivity index is -0.000000177. The molecular formula is C26H70N6O2+4. The Hall–Kier alpha value is -0.320. The van der Waals surface area contributed by atoms with E-state index in [2.05, 4.69) is 95.2 Å². The number of hydrogen-bond donors (Lipinski definition) is 2. The second-order valence-corrected chi connectivity index (χ2v) is 13.0. The van der Waals surface area contributed by atoms with Gasteiger partial charge >= 0.3 is 0 Å². The van der Waals surface area contributed by atoms with Crippen molar-refractivity contribution in [3.63, 3.8) is 0 Å². The summed E-state index contributed by atoms with van der Waals surface area (Å²) in [6.45, 7) is 8.68. The molecule has 0 aliphatic heterocycles. The van der Waals surface area contributed by atoms with E-state index in [1.807, 2.05) is 14.1 Å². The zero-order valence-corrected chi connectivity index (χ0v) is 26.7. The maximum atomic E-state index is 4.93. The van der Waals surface area contributed by atoms with Gasteiger partial charge in [0.05, 0.1) is 117 Å². The van der Waals surface area contributed by atoms with Crippen molar-refractivity contribution in [3.8, 4) is 0 Å². The molecule has 8 heteroatoms. The highest BCUT2D eigenvalue weighted by atomic mass is 16.5. The molecular weight excluding hydrogens is 428 g/mol. The van der Waals surface area contributed by atoms with Gasteiger partial charge in [-0.3, -0.25) is 0 Å². The molecule has 0 amide bonds. The molecule has 0 fully saturated rings. The largest absolute Gasteiger partial charge is 0.384 e. The van der Waals surface area contributed by atoms with Crippen molar-refractivity contribution in [2.45, 2.75) is 12.8 Å². The van der Waals surface area contributed by atoms with Crippen LogP contribution in [0.2, 0.25) is 0 Å². The smallest absolute Gasteiger partial charge is 0.102 e. The van der Waals surface area contributed by atoms with Crippen LogP contribution in [0.3, 0.4) is 0 Å². The Labute approximate surface area is 216 Å². The number of rotatable bonds is 14. The van der Waals surface area contributed by atoms with Crippen LogP contribution in [0.25, 0.3) is 0 Å². The summed E-state index contributed by atoms with van der Waals surface area (Å²) in [5, 5.41) is 6.24. The van der Waals surface area contributed by atoms with Crippen LogP contribution in [0.15, 0.2) is 0 Å². The number of hydrogen-bond acceptors (Lipinski definition) is 4. The van der Waals surface area contributed by atoms with Crippen LogP contribution in [0.1, 0.15) is 12.8 Å². The molecule has 0 saturated carbocycles. The molecule has 0 aromatic rings. The predicted octanol–water partition coefficient (Wildman–Crippen LogP) is 1.28. The second kappa shape index (κ2) is 23.1. The molecule has 34 heavy (non-hydrogen) atoms. The van der Waals surface area contributed by atoms with Crippen LogP contribution in [-0.4, -0.2) is 183 Å². The third-order valence-electron chi connectivity index (χ3n) is 4.43. The lowest BCUT2D eigenvalue weighted by molar-refractivity contribution is -0.870. The number of nitrogens with zero attached hydrogens (tertiary/aromatic N) is 4. The molecule has 0 radical (unpaired) electrons. The Bertz CT molecular complexity index is 356. The van der Waals surface area contributed by atoms with Crippen LogP contribution in [-0.2, 0) is 9.47 Å². The van der Waals surface area contributed by atoms with Crippen LogP contribution in [0.4, 0.5) is 0 Å². The Morgan fingerprint density at radius 3 is 1.03 bits per heavy atom.